The van der Waals surface area contributed by atoms with Gasteiger partial charge in [0.25, 0.3) is 0 Å². The van der Waals surface area contributed by atoms with Gasteiger partial charge in [-0.15, -0.1) is 0 Å². The summed E-state index contributed by atoms with van der Waals surface area (Å²) < 4.78 is 14.7. The molecule has 1 aliphatic carbocycles. The highest BCUT2D eigenvalue weighted by molar-refractivity contribution is 7.65. The molecule has 0 spiro atoms. The summed E-state index contributed by atoms with van der Waals surface area (Å²) in [6.07, 6.45) is 2.02. The van der Waals surface area contributed by atoms with Crippen LogP contribution in [0.15, 0.2) is 144 Å². The minimum Gasteiger partial charge on any atom is -0.468 e. The molecule has 9 rings (SSSR count). The third-order valence-electron chi connectivity index (χ3n) is 10.6. The first-order valence-corrected chi connectivity index (χ1v) is 18.8. The highest BCUT2D eigenvalue weighted by Gasteiger charge is 2.67. The van der Waals surface area contributed by atoms with Gasteiger partial charge in [0.2, 0.25) is 0 Å². The molecule has 0 aromatic heterocycles. The molecule has 4 heteroatoms. The van der Waals surface area contributed by atoms with Gasteiger partial charge in [-0.05, 0) is 33.4 Å². The zero-order valence-corrected chi connectivity index (χ0v) is 28.0. The van der Waals surface area contributed by atoms with E-state index < -0.39 is 16.3 Å². The number of rotatable bonds is 4. The van der Waals surface area contributed by atoms with Gasteiger partial charge in [-0.3, -0.25) is 0 Å². The van der Waals surface area contributed by atoms with Gasteiger partial charge in [0.1, 0.15) is 27.8 Å². The number of allylic oxidation sites excluding steroid dienone is 5. The second-order valence-electron chi connectivity index (χ2n) is 13.9. The molecule has 45 heavy (non-hydrogen) atoms. The first-order valence-electron chi connectivity index (χ1n) is 16.0. The average Bonchev–Trinajstić information content (AvgIpc) is 3.56. The van der Waals surface area contributed by atoms with Crippen LogP contribution < -0.4 is 0 Å². The van der Waals surface area contributed by atoms with Crippen LogP contribution in [0.1, 0.15) is 49.9 Å². The van der Waals surface area contributed by atoms with Crippen LogP contribution in [0.3, 0.4) is 0 Å². The van der Waals surface area contributed by atoms with Crippen LogP contribution in [-0.2, 0) is 9.05 Å². The maximum atomic E-state index is 7.42. The molecule has 0 saturated heterocycles. The SMILES string of the molecule is CC1(C)C2=C(O[P@@]3C[C@]2(C)C(c2ccccc2)=C3c2ccccc2)C2=C1[C@]1(C)CP2OC(c2ccccc2)=C1c1ccccc1. The Balaban J connectivity index is 1.26. The van der Waals surface area contributed by atoms with Gasteiger partial charge < -0.3 is 9.05 Å². The van der Waals surface area contributed by atoms with Crippen LogP contribution in [0.5, 0.6) is 0 Å². The lowest BCUT2D eigenvalue weighted by Gasteiger charge is -2.47. The largest absolute Gasteiger partial charge is 0.468 e. The van der Waals surface area contributed by atoms with Crippen molar-refractivity contribution in [1.82, 2.24) is 0 Å². The second kappa shape index (κ2) is 9.65. The lowest BCUT2D eigenvalue weighted by molar-refractivity contribution is 0.348. The molecule has 0 radical (unpaired) electrons. The van der Waals surface area contributed by atoms with Gasteiger partial charge in [-0.25, -0.2) is 0 Å². The number of hydrogen-bond donors (Lipinski definition) is 0. The van der Waals surface area contributed by atoms with Crippen LogP contribution in [0.2, 0.25) is 0 Å². The monoisotopic (exact) mass is 622 g/mol. The minimum absolute atomic E-state index is 0.139. The molecule has 2 nitrogen and oxygen atoms in total. The molecule has 4 aromatic carbocycles. The molecule has 5 aliphatic rings. The van der Waals surface area contributed by atoms with Gasteiger partial charge in [0, 0.05) is 45.0 Å². The normalized spacial score (nSPS) is 29.1. The van der Waals surface area contributed by atoms with E-state index in [2.05, 4.69) is 149 Å². The Kier molecular flexibility index (Phi) is 5.92. The molecule has 4 aromatic rings. The zero-order valence-electron chi connectivity index (χ0n) is 26.2. The summed E-state index contributed by atoms with van der Waals surface area (Å²) in [5.74, 6) is 2.20. The average molecular weight is 623 g/mol. The van der Waals surface area contributed by atoms with E-state index in [1.54, 1.807) is 0 Å². The van der Waals surface area contributed by atoms with E-state index in [9.17, 15) is 0 Å². The minimum atomic E-state index is -0.905. The Bertz CT molecular complexity index is 1990. The Labute approximate surface area is 268 Å². The van der Waals surface area contributed by atoms with Crippen molar-refractivity contribution in [3.05, 3.63) is 166 Å². The van der Waals surface area contributed by atoms with Crippen molar-refractivity contribution in [3.8, 4) is 0 Å². The highest BCUT2D eigenvalue weighted by Crippen LogP contribution is 2.84. The Morgan fingerprint density at radius 2 is 0.867 bits per heavy atom. The maximum absolute atomic E-state index is 7.42. The molecule has 0 N–H and O–H groups in total. The topological polar surface area (TPSA) is 18.5 Å². The van der Waals surface area contributed by atoms with E-state index in [-0.39, 0.29) is 16.2 Å². The molecular formula is C41H36O2P2. The van der Waals surface area contributed by atoms with Crippen molar-refractivity contribution in [2.24, 2.45) is 16.2 Å². The predicted molar refractivity (Wildman–Crippen MR) is 189 cm³/mol. The summed E-state index contributed by atoms with van der Waals surface area (Å²) in [5.41, 5.74) is 10.2. The third-order valence-corrected chi connectivity index (χ3v) is 15.2. The molecule has 222 valence electrons. The van der Waals surface area contributed by atoms with E-state index >= 15 is 0 Å². The van der Waals surface area contributed by atoms with Gasteiger partial charge in [0.15, 0.2) is 0 Å². The van der Waals surface area contributed by atoms with Gasteiger partial charge in [-0.2, -0.15) is 0 Å². The molecule has 0 saturated carbocycles. The first-order chi connectivity index (χ1) is 21.8. The summed E-state index contributed by atoms with van der Waals surface area (Å²) in [6, 6.07) is 43.8. The number of fused-ring (bicyclic) bond motifs is 8. The standard InChI is InChI=1S/C41H36O2P2/c1-39(2)37-34(43-44-26-41(37,4)32(28-19-11-6-12-20-28)35(44)30-23-15-8-16-24-30)36-38(39)40(3)25-45(36)42-33(29-21-13-7-14-22-29)31(40)27-17-9-5-10-18-27/h5-24H,25-26H2,1-4H3/t40-,41-,44+,45?/m1/s1. The maximum Gasteiger partial charge on any atom is 0.135 e. The van der Waals surface area contributed by atoms with E-state index in [1.165, 1.54) is 49.6 Å². The molecule has 4 bridgehead atoms. The molecule has 4 atom stereocenters. The fourth-order valence-electron chi connectivity index (χ4n) is 9.30. The van der Waals surface area contributed by atoms with Gasteiger partial charge in [0.05, 0.1) is 5.31 Å². The quantitative estimate of drug-likeness (QED) is 0.211. The smallest absolute Gasteiger partial charge is 0.135 e. The second-order valence-corrected chi connectivity index (χ2v) is 17.3. The van der Waals surface area contributed by atoms with Gasteiger partial charge >= 0.3 is 0 Å². The molecule has 4 heterocycles. The highest BCUT2D eigenvalue weighted by atomic mass is 31.1. The molecular weight excluding hydrogens is 586 g/mol. The number of benzene rings is 4. The summed E-state index contributed by atoms with van der Waals surface area (Å²) in [4.78, 5) is 0. The Hall–Kier alpha value is -3.70. The lowest BCUT2D eigenvalue weighted by atomic mass is 9.59. The van der Waals surface area contributed by atoms with E-state index in [0.29, 0.717) is 0 Å². The molecule has 0 amide bonds. The van der Waals surface area contributed by atoms with Crippen LogP contribution in [0.25, 0.3) is 22.2 Å². The summed E-state index contributed by atoms with van der Waals surface area (Å²) in [6.45, 7) is 9.96. The molecule has 4 aliphatic heterocycles. The zero-order chi connectivity index (χ0) is 30.6. The summed E-state index contributed by atoms with van der Waals surface area (Å²) in [5, 5.41) is 2.78. The van der Waals surface area contributed by atoms with Crippen LogP contribution in [-0.4, -0.2) is 12.3 Å². The lowest BCUT2D eigenvalue weighted by Crippen LogP contribution is -2.38. The third kappa shape index (κ3) is 3.71. The van der Waals surface area contributed by atoms with E-state index in [4.69, 9.17) is 9.05 Å². The molecule has 0 fully saturated rings. The van der Waals surface area contributed by atoms with E-state index in [0.717, 1.165) is 29.4 Å². The van der Waals surface area contributed by atoms with Crippen molar-refractivity contribution in [2.75, 3.05) is 12.3 Å². The van der Waals surface area contributed by atoms with Crippen LogP contribution in [0, 0.1) is 16.2 Å². The fraction of sp³-hybridized carbons (Fsp3) is 0.220. The van der Waals surface area contributed by atoms with Crippen molar-refractivity contribution in [1.29, 1.82) is 0 Å². The Morgan fingerprint density at radius 3 is 1.42 bits per heavy atom. The Morgan fingerprint density at radius 1 is 0.444 bits per heavy atom. The summed E-state index contributed by atoms with van der Waals surface area (Å²) in [7, 11) is -1.76. The summed E-state index contributed by atoms with van der Waals surface area (Å²) >= 11 is 0. The van der Waals surface area contributed by atoms with E-state index in [1.807, 2.05) is 0 Å². The van der Waals surface area contributed by atoms with Crippen LogP contribution in [0.4, 0.5) is 0 Å². The van der Waals surface area contributed by atoms with Crippen molar-refractivity contribution >= 4 is 38.5 Å². The van der Waals surface area contributed by atoms with Crippen molar-refractivity contribution in [3.63, 3.8) is 0 Å². The predicted octanol–water partition coefficient (Wildman–Crippen LogP) is 11.6. The van der Waals surface area contributed by atoms with Crippen molar-refractivity contribution < 1.29 is 9.05 Å². The van der Waals surface area contributed by atoms with Crippen molar-refractivity contribution in [2.45, 2.75) is 27.7 Å². The van der Waals surface area contributed by atoms with Gasteiger partial charge in [-0.1, -0.05) is 149 Å². The van der Waals surface area contributed by atoms with Crippen LogP contribution >= 0.6 is 16.3 Å². The number of hydrogen-bond acceptors (Lipinski definition) is 2. The fourth-order valence-corrected chi connectivity index (χ4v) is 14.8. The first kappa shape index (κ1) is 27.6. The molecule has 1 unspecified atom stereocenters.